The summed E-state index contributed by atoms with van der Waals surface area (Å²) in [5.74, 6) is -0.0540. The van der Waals surface area contributed by atoms with Crippen molar-refractivity contribution in [2.75, 3.05) is 10.6 Å². The second kappa shape index (κ2) is 15.3. The van der Waals surface area contributed by atoms with Gasteiger partial charge in [-0.05, 0) is 126 Å². The Morgan fingerprint density at radius 2 is 1.51 bits per heavy atom. The molecule has 2 unspecified atom stereocenters. The number of nitrogens with one attached hydrogen (secondary N) is 3. The lowest BCUT2D eigenvalue weighted by Gasteiger charge is -2.22. The zero-order valence-corrected chi connectivity index (χ0v) is 29.2. The third-order valence-electron chi connectivity index (χ3n) is 9.31. The fourth-order valence-electron chi connectivity index (χ4n) is 6.55. The number of H-pyrrole nitrogens is 1. The molecule has 3 aliphatic carbocycles. The van der Waals surface area contributed by atoms with Gasteiger partial charge in [0, 0.05) is 35.1 Å². The van der Waals surface area contributed by atoms with Crippen molar-refractivity contribution in [3.05, 3.63) is 92.0 Å². The van der Waals surface area contributed by atoms with Crippen LogP contribution in [0.3, 0.4) is 0 Å². The molecule has 0 bridgehead atoms. The number of hydrogen-bond donors (Lipinski definition) is 5. The number of rotatable bonds is 9. The first-order chi connectivity index (χ1) is 23.6. The predicted octanol–water partition coefficient (Wildman–Crippen LogP) is 6.29. The highest BCUT2D eigenvalue weighted by Gasteiger charge is 2.30. The first-order valence-electron chi connectivity index (χ1n) is 17.0. The van der Waals surface area contributed by atoms with Gasteiger partial charge in [-0.25, -0.2) is 8.78 Å². The Labute approximate surface area is 292 Å². The summed E-state index contributed by atoms with van der Waals surface area (Å²) in [6, 6.07) is 13.9. The molecule has 2 heterocycles. The van der Waals surface area contributed by atoms with Crippen LogP contribution in [0.2, 0.25) is 0 Å². The molecule has 13 heteroatoms. The molecule has 2 aromatic carbocycles. The highest BCUT2D eigenvalue weighted by Crippen LogP contribution is 2.43. The number of carbonyl (C=O) groups is 2. The van der Waals surface area contributed by atoms with E-state index in [1.807, 2.05) is 31.2 Å². The maximum Gasteiger partial charge on any atom is 0.277 e. The molecule has 2 aromatic heterocycles. The number of hydrogen-bond acceptors (Lipinski definition) is 6. The average molecular weight is 738 g/mol. The van der Waals surface area contributed by atoms with E-state index in [2.05, 4.69) is 54.0 Å². The van der Waals surface area contributed by atoms with E-state index in [9.17, 15) is 18.4 Å². The van der Waals surface area contributed by atoms with Crippen LogP contribution in [0, 0.1) is 0 Å². The van der Waals surface area contributed by atoms with Crippen molar-refractivity contribution in [1.29, 1.82) is 0 Å². The van der Waals surface area contributed by atoms with Gasteiger partial charge in [-0.3, -0.25) is 19.4 Å². The molecule has 7 rings (SSSR count). The lowest BCUT2D eigenvalue weighted by Crippen LogP contribution is -2.27. The molecule has 7 N–H and O–H groups in total. The molecule has 2 atom stereocenters. The molecule has 2 amide bonds. The van der Waals surface area contributed by atoms with E-state index < -0.39 is 13.0 Å². The smallest absolute Gasteiger partial charge is 0.277 e. The Bertz CT molecular complexity index is 1820. The molecular weight excluding hydrogens is 694 g/mol. The summed E-state index contributed by atoms with van der Waals surface area (Å²) in [6.07, 6.45) is 6.78. The van der Waals surface area contributed by atoms with Gasteiger partial charge in [-0.2, -0.15) is 10.2 Å². The summed E-state index contributed by atoms with van der Waals surface area (Å²) < 4.78 is 27.5. The summed E-state index contributed by atoms with van der Waals surface area (Å²) in [5, 5.41) is 17.0. The maximum atomic E-state index is 12.7. The molecule has 1 saturated carbocycles. The van der Waals surface area contributed by atoms with Crippen LogP contribution in [0.15, 0.2) is 46.9 Å². The van der Waals surface area contributed by atoms with Gasteiger partial charge in [0.25, 0.3) is 18.2 Å². The number of carbonyl (C=O) groups excluding carboxylic acids is 2. The van der Waals surface area contributed by atoms with E-state index in [-0.39, 0.29) is 29.6 Å². The Hall–Kier alpha value is -3.94. The predicted molar refractivity (Wildman–Crippen MR) is 189 cm³/mol. The van der Waals surface area contributed by atoms with Crippen molar-refractivity contribution in [3.8, 4) is 0 Å². The van der Waals surface area contributed by atoms with Crippen LogP contribution in [0.25, 0.3) is 0 Å². The highest BCUT2D eigenvalue weighted by molar-refractivity contribution is 9.10. The van der Waals surface area contributed by atoms with Gasteiger partial charge in [0.2, 0.25) is 0 Å². The summed E-state index contributed by atoms with van der Waals surface area (Å²) in [5.41, 5.74) is 20.7. The van der Waals surface area contributed by atoms with E-state index in [1.165, 1.54) is 26.9 Å². The summed E-state index contributed by atoms with van der Waals surface area (Å²) in [7, 11) is 0. The zero-order chi connectivity index (χ0) is 34.7. The number of aryl methyl sites for hydroxylation is 3. The molecule has 0 aliphatic heterocycles. The topological polar surface area (TPSA) is 157 Å². The number of aromatic nitrogens is 4. The molecule has 0 radical (unpaired) electrons. The van der Waals surface area contributed by atoms with E-state index in [0.29, 0.717) is 29.4 Å². The SMILES string of the molecule is CCCc1cc(C(=O)Nc2ccc3c(c2)CCC(N)C3)nn1CC(F)F.NC1CCc2cc(NC(=O)c3n[nH]c(C4CC4)c3Br)ccc2C1. The number of aromatic amines is 1. The number of fused-ring (bicyclic) bond motifs is 2. The first kappa shape index (κ1) is 34.9. The molecule has 3 aliphatic rings. The Morgan fingerprint density at radius 3 is 2.06 bits per heavy atom. The van der Waals surface area contributed by atoms with Crippen LogP contribution in [0.4, 0.5) is 20.2 Å². The van der Waals surface area contributed by atoms with Gasteiger partial charge in [0.15, 0.2) is 11.4 Å². The fourth-order valence-corrected chi connectivity index (χ4v) is 7.24. The second-order valence-corrected chi connectivity index (χ2v) is 14.1. The Kier molecular flexibility index (Phi) is 10.9. The zero-order valence-electron chi connectivity index (χ0n) is 27.6. The van der Waals surface area contributed by atoms with E-state index in [1.54, 1.807) is 6.07 Å². The third kappa shape index (κ3) is 8.63. The van der Waals surface area contributed by atoms with Crippen molar-refractivity contribution in [2.24, 2.45) is 11.5 Å². The largest absolute Gasteiger partial charge is 0.327 e. The number of nitrogens with two attached hydrogens (primary N) is 2. The Balaban J connectivity index is 0.000000171. The number of halogens is 3. The molecule has 1 fully saturated rings. The van der Waals surface area contributed by atoms with Crippen molar-refractivity contribution < 1.29 is 18.4 Å². The normalized spacial score (nSPS) is 18.3. The minimum Gasteiger partial charge on any atom is -0.327 e. The van der Waals surface area contributed by atoms with Crippen LogP contribution in [0.5, 0.6) is 0 Å². The van der Waals surface area contributed by atoms with Crippen LogP contribution in [-0.4, -0.2) is 50.3 Å². The summed E-state index contributed by atoms with van der Waals surface area (Å²) >= 11 is 3.50. The van der Waals surface area contributed by atoms with Gasteiger partial charge >= 0.3 is 0 Å². The van der Waals surface area contributed by atoms with Crippen LogP contribution in [-0.2, 0) is 38.6 Å². The van der Waals surface area contributed by atoms with Crippen molar-refractivity contribution in [1.82, 2.24) is 20.0 Å². The average Bonchev–Trinajstić information content (AvgIpc) is 3.72. The minimum atomic E-state index is -2.51. The monoisotopic (exact) mass is 736 g/mol. The van der Waals surface area contributed by atoms with Gasteiger partial charge < -0.3 is 22.1 Å². The molecule has 10 nitrogen and oxygen atoms in total. The van der Waals surface area contributed by atoms with E-state index in [0.717, 1.165) is 73.6 Å². The molecule has 0 spiro atoms. The third-order valence-corrected chi connectivity index (χ3v) is 10.1. The maximum absolute atomic E-state index is 12.7. The standard InChI is InChI=1S/C19H24F2N4O.C17H19BrN4O/c1-2-3-16-10-17(24-25(16)11-18(20)21)19(26)23-15-7-5-12-8-14(22)6-4-13(12)9-15;18-14-15(9-1-2-9)21-22-16(14)17(23)20-13-6-4-10-7-12(19)5-3-11(10)8-13/h5,7,9-10,14,18H,2-4,6,8,11,22H2,1H3,(H,23,26);4,6,8-9,12H,1-3,5,7,19H2,(H,20,23)(H,21,22). The molecular formula is C36H43BrF2N8O2. The minimum absolute atomic E-state index is 0.161. The molecule has 260 valence electrons. The number of alkyl halides is 2. The van der Waals surface area contributed by atoms with E-state index >= 15 is 0 Å². The number of benzene rings is 2. The first-order valence-corrected chi connectivity index (χ1v) is 17.8. The van der Waals surface area contributed by atoms with Crippen LogP contribution in [0.1, 0.15) is 99.6 Å². The highest BCUT2D eigenvalue weighted by atomic mass is 79.9. The molecule has 4 aromatic rings. The fraction of sp³-hybridized carbons (Fsp3) is 0.444. The number of amides is 2. The summed E-state index contributed by atoms with van der Waals surface area (Å²) in [4.78, 5) is 25.0. The van der Waals surface area contributed by atoms with Gasteiger partial charge in [0.1, 0.15) is 6.54 Å². The molecule has 49 heavy (non-hydrogen) atoms. The van der Waals surface area contributed by atoms with Crippen molar-refractivity contribution in [3.63, 3.8) is 0 Å². The van der Waals surface area contributed by atoms with Crippen LogP contribution >= 0.6 is 15.9 Å². The second-order valence-electron chi connectivity index (χ2n) is 13.3. The number of nitrogens with zero attached hydrogens (tertiary/aromatic N) is 3. The van der Waals surface area contributed by atoms with Gasteiger partial charge in [-0.1, -0.05) is 25.5 Å². The van der Waals surface area contributed by atoms with Gasteiger partial charge in [-0.15, -0.1) is 0 Å². The van der Waals surface area contributed by atoms with Crippen LogP contribution < -0.4 is 22.1 Å². The van der Waals surface area contributed by atoms with E-state index in [4.69, 9.17) is 11.5 Å². The lowest BCUT2D eigenvalue weighted by atomic mass is 9.88. The van der Waals surface area contributed by atoms with Gasteiger partial charge in [0.05, 0.1) is 10.2 Å². The van der Waals surface area contributed by atoms with Crippen molar-refractivity contribution >= 4 is 39.1 Å². The van der Waals surface area contributed by atoms with Crippen molar-refractivity contribution in [2.45, 2.75) is 102 Å². The quantitative estimate of drug-likeness (QED) is 0.136. The summed E-state index contributed by atoms with van der Waals surface area (Å²) in [6.45, 7) is 1.46. The Morgan fingerprint density at radius 1 is 0.918 bits per heavy atom. The molecule has 0 saturated heterocycles. The lowest BCUT2D eigenvalue weighted by molar-refractivity contribution is 0.101. The number of anilines is 2.